The predicted molar refractivity (Wildman–Crippen MR) is 93.2 cm³/mol. The number of Topliss-reactive ketones (excluding diaryl/α,β-unsaturated/α-hetero) is 1. The summed E-state index contributed by atoms with van der Waals surface area (Å²) in [5.41, 5.74) is 2.09. The van der Waals surface area contributed by atoms with Gasteiger partial charge in [0.05, 0.1) is 5.56 Å². The van der Waals surface area contributed by atoms with Crippen LogP contribution in [0.4, 0.5) is 0 Å². The molecule has 0 fully saturated rings. The minimum Gasteiger partial charge on any atom is -0.455 e. The average molecular weight is 350 g/mol. The number of imidazole rings is 1. The topological polar surface area (TPSA) is 90.0 Å². The van der Waals surface area contributed by atoms with E-state index in [1.807, 2.05) is 18.3 Å². The van der Waals surface area contributed by atoms with Crippen molar-refractivity contribution in [2.45, 2.75) is 32.7 Å². The van der Waals surface area contributed by atoms with Gasteiger partial charge < -0.3 is 9.73 Å². The molecule has 26 heavy (non-hydrogen) atoms. The van der Waals surface area contributed by atoms with E-state index in [-0.39, 0.29) is 17.5 Å². The Morgan fingerprint density at radius 2 is 2.23 bits per heavy atom. The van der Waals surface area contributed by atoms with Gasteiger partial charge in [-0.3, -0.25) is 14.2 Å². The first kappa shape index (κ1) is 16.3. The molecule has 0 saturated heterocycles. The van der Waals surface area contributed by atoms with E-state index < -0.39 is 0 Å². The van der Waals surface area contributed by atoms with Crippen molar-refractivity contribution >= 4 is 11.7 Å². The van der Waals surface area contributed by atoms with Crippen molar-refractivity contribution in [1.29, 1.82) is 0 Å². The van der Waals surface area contributed by atoms with Crippen LogP contribution >= 0.6 is 0 Å². The fraction of sp³-hybridized carbons (Fsp3) is 0.263. The molecule has 1 aliphatic rings. The number of fused-ring (bicyclic) bond motifs is 1. The van der Waals surface area contributed by atoms with Crippen LogP contribution in [0.25, 0.3) is 5.82 Å². The third kappa shape index (κ3) is 2.92. The van der Waals surface area contributed by atoms with Crippen molar-refractivity contribution < 1.29 is 14.0 Å². The molecule has 0 bridgehead atoms. The number of carbonyl (C=O) groups is 2. The Morgan fingerprint density at radius 3 is 2.92 bits per heavy atom. The first-order valence-corrected chi connectivity index (χ1v) is 8.50. The molecular weight excluding hydrogens is 332 g/mol. The number of amides is 1. The van der Waals surface area contributed by atoms with Gasteiger partial charge in [-0.05, 0) is 25.0 Å². The Balaban J connectivity index is 1.45. The Kier molecular flexibility index (Phi) is 4.12. The van der Waals surface area contributed by atoms with Crippen molar-refractivity contribution in [3.63, 3.8) is 0 Å². The summed E-state index contributed by atoms with van der Waals surface area (Å²) in [6, 6.07) is 3.75. The molecule has 0 atom stereocenters. The number of ketones is 1. The highest BCUT2D eigenvalue weighted by Crippen LogP contribution is 2.29. The highest BCUT2D eigenvalue weighted by Gasteiger charge is 2.28. The van der Waals surface area contributed by atoms with Crippen molar-refractivity contribution in [3.8, 4) is 5.82 Å². The van der Waals surface area contributed by atoms with Gasteiger partial charge in [0.25, 0.3) is 5.91 Å². The van der Waals surface area contributed by atoms with Crippen LogP contribution in [0.5, 0.6) is 0 Å². The summed E-state index contributed by atoms with van der Waals surface area (Å²) < 4.78 is 7.47. The van der Waals surface area contributed by atoms with Gasteiger partial charge in [-0.2, -0.15) is 0 Å². The molecule has 0 saturated carbocycles. The van der Waals surface area contributed by atoms with Gasteiger partial charge in [0.1, 0.15) is 17.9 Å². The van der Waals surface area contributed by atoms with Crippen LogP contribution in [0.1, 0.15) is 50.6 Å². The van der Waals surface area contributed by atoms with E-state index in [9.17, 15) is 9.59 Å². The second-order valence-corrected chi connectivity index (χ2v) is 6.31. The monoisotopic (exact) mass is 350 g/mol. The Labute approximate surface area is 150 Å². The van der Waals surface area contributed by atoms with Crippen LogP contribution in [0, 0.1) is 6.92 Å². The number of aryl methyl sites for hydroxylation is 1. The number of nitrogens with one attached hydrogen (secondary N) is 1. The van der Waals surface area contributed by atoms with E-state index in [2.05, 4.69) is 15.3 Å². The highest BCUT2D eigenvalue weighted by atomic mass is 16.4. The Morgan fingerprint density at radius 1 is 1.35 bits per heavy atom. The minimum atomic E-state index is -0.316. The molecular formula is C19H18N4O3. The molecule has 1 aliphatic carbocycles. The largest absolute Gasteiger partial charge is 0.455 e. The summed E-state index contributed by atoms with van der Waals surface area (Å²) in [4.78, 5) is 32.9. The number of rotatable bonds is 4. The second kappa shape index (κ2) is 6.59. The van der Waals surface area contributed by atoms with Crippen LogP contribution in [-0.2, 0) is 13.0 Å². The number of aromatic nitrogens is 3. The van der Waals surface area contributed by atoms with E-state index in [0.717, 1.165) is 17.8 Å². The van der Waals surface area contributed by atoms with Gasteiger partial charge in [-0.1, -0.05) is 6.07 Å². The first-order chi connectivity index (χ1) is 12.6. The molecule has 3 heterocycles. The van der Waals surface area contributed by atoms with Gasteiger partial charge in [0.15, 0.2) is 11.5 Å². The Hall–Kier alpha value is -3.22. The van der Waals surface area contributed by atoms with Crippen molar-refractivity contribution in [2.24, 2.45) is 0 Å². The van der Waals surface area contributed by atoms with Gasteiger partial charge in [-0.15, -0.1) is 0 Å². The summed E-state index contributed by atoms with van der Waals surface area (Å²) in [5, 5.41) is 2.83. The number of hydrogen-bond donors (Lipinski definition) is 1. The molecule has 3 aromatic heterocycles. The summed E-state index contributed by atoms with van der Waals surface area (Å²) in [6.07, 6.45) is 8.87. The molecule has 132 valence electrons. The van der Waals surface area contributed by atoms with Crippen LogP contribution in [0.15, 0.2) is 41.5 Å². The maximum Gasteiger partial charge on any atom is 0.287 e. The summed E-state index contributed by atoms with van der Waals surface area (Å²) in [7, 11) is 0. The zero-order valence-electron chi connectivity index (χ0n) is 14.4. The maximum atomic E-state index is 12.5. The molecule has 3 aromatic rings. The van der Waals surface area contributed by atoms with E-state index in [1.54, 1.807) is 30.2 Å². The van der Waals surface area contributed by atoms with E-state index >= 15 is 0 Å². The maximum absolute atomic E-state index is 12.5. The lowest BCUT2D eigenvalue weighted by Gasteiger charge is -2.07. The number of hydrogen-bond acceptors (Lipinski definition) is 5. The lowest BCUT2D eigenvalue weighted by atomic mass is 9.94. The normalized spacial score (nSPS) is 13.5. The predicted octanol–water partition coefficient (Wildman–Crippen LogP) is 2.62. The SMILES string of the molecule is Cc1c(C(=O)NCc2ccc(-n3ccnc3)nc2)oc2c1C(=O)CCC2. The number of pyridine rings is 1. The molecule has 4 rings (SSSR count). The molecule has 0 radical (unpaired) electrons. The lowest BCUT2D eigenvalue weighted by molar-refractivity contribution is 0.0917. The molecule has 1 N–H and O–H groups in total. The third-order valence-electron chi connectivity index (χ3n) is 4.54. The van der Waals surface area contributed by atoms with Crippen molar-refractivity contribution in [3.05, 3.63) is 65.3 Å². The van der Waals surface area contributed by atoms with Gasteiger partial charge >= 0.3 is 0 Å². The van der Waals surface area contributed by atoms with Crippen LogP contribution < -0.4 is 5.32 Å². The molecule has 0 unspecified atom stereocenters. The van der Waals surface area contributed by atoms with Crippen LogP contribution in [0.2, 0.25) is 0 Å². The molecule has 7 nitrogen and oxygen atoms in total. The third-order valence-corrected chi connectivity index (χ3v) is 4.54. The van der Waals surface area contributed by atoms with Crippen LogP contribution in [-0.4, -0.2) is 26.2 Å². The zero-order valence-corrected chi connectivity index (χ0v) is 14.4. The molecule has 0 spiro atoms. The van der Waals surface area contributed by atoms with Gasteiger partial charge in [0, 0.05) is 43.5 Å². The summed E-state index contributed by atoms with van der Waals surface area (Å²) >= 11 is 0. The quantitative estimate of drug-likeness (QED) is 0.781. The lowest BCUT2D eigenvalue weighted by Crippen LogP contribution is -2.23. The van der Waals surface area contributed by atoms with Gasteiger partial charge in [0.2, 0.25) is 0 Å². The van der Waals surface area contributed by atoms with Crippen molar-refractivity contribution in [1.82, 2.24) is 19.9 Å². The smallest absolute Gasteiger partial charge is 0.287 e. The second-order valence-electron chi connectivity index (χ2n) is 6.31. The number of nitrogens with zero attached hydrogens (tertiary/aromatic N) is 3. The van der Waals surface area contributed by atoms with E-state index in [1.165, 1.54) is 0 Å². The standard InChI is InChI=1S/C19H18N4O3/c1-12-17-14(24)3-2-4-15(17)26-18(12)19(25)22-10-13-5-6-16(21-9-13)23-8-7-20-11-23/h5-9,11H,2-4,10H2,1H3,(H,22,25). The fourth-order valence-electron chi connectivity index (χ4n) is 3.20. The zero-order chi connectivity index (χ0) is 18.1. The minimum absolute atomic E-state index is 0.0610. The number of furan rings is 1. The first-order valence-electron chi connectivity index (χ1n) is 8.50. The Bertz CT molecular complexity index is 956. The fourth-order valence-corrected chi connectivity index (χ4v) is 3.20. The summed E-state index contributed by atoms with van der Waals surface area (Å²) in [5.74, 6) is 1.36. The molecule has 0 aliphatic heterocycles. The van der Waals surface area contributed by atoms with Crippen molar-refractivity contribution in [2.75, 3.05) is 0 Å². The molecule has 1 amide bonds. The van der Waals surface area contributed by atoms with Crippen LogP contribution in [0.3, 0.4) is 0 Å². The average Bonchev–Trinajstić information content (AvgIpc) is 3.29. The highest BCUT2D eigenvalue weighted by molar-refractivity contribution is 6.03. The molecule has 7 heteroatoms. The molecule has 0 aromatic carbocycles. The summed E-state index contributed by atoms with van der Waals surface area (Å²) in [6.45, 7) is 2.09. The number of carbonyl (C=O) groups excluding carboxylic acids is 2. The van der Waals surface area contributed by atoms with E-state index in [4.69, 9.17) is 4.42 Å². The van der Waals surface area contributed by atoms with Gasteiger partial charge in [-0.25, -0.2) is 9.97 Å². The van der Waals surface area contributed by atoms with E-state index in [0.29, 0.717) is 36.3 Å².